The standard InChI is InChI=1S/C25H29N5O2S/c1-3-29-23(21-10-7-15-30(21)24(32)20-13-11-18(2)12-14-20)27-28-25(29)33-17-22(31)26-16-19-8-5-4-6-9-19/h4-6,8-9,11-14,21H,3,7,10,15-17H2,1-2H3,(H,26,31). The molecule has 33 heavy (non-hydrogen) atoms. The summed E-state index contributed by atoms with van der Waals surface area (Å²) in [7, 11) is 0. The molecule has 1 saturated heterocycles. The highest BCUT2D eigenvalue weighted by Gasteiger charge is 2.34. The maximum atomic E-state index is 13.2. The molecule has 2 aromatic carbocycles. The molecule has 7 nitrogen and oxygen atoms in total. The summed E-state index contributed by atoms with van der Waals surface area (Å²) >= 11 is 1.38. The molecule has 1 aromatic heterocycles. The summed E-state index contributed by atoms with van der Waals surface area (Å²) in [6.07, 6.45) is 1.79. The molecule has 0 radical (unpaired) electrons. The molecule has 0 aliphatic carbocycles. The Kier molecular flexibility index (Phi) is 7.44. The Labute approximate surface area is 198 Å². The van der Waals surface area contributed by atoms with Gasteiger partial charge in [-0.15, -0.1) is 10.2 Å². The van der Waals surface area contributed by atoms with Gasteiger partial charge in [-0.05, 0) is 44.4 Å². The van der Waals surface area contributed by atoms with E-state index in [2.05, 4.69) is 15.5 Å². The molecule has 172 valence electrons. The lowest BCUT2D eigenvalue weighted by atomic mass is 10.1. The zero-order valence-electron chi connectivity index (χ0n) is 19.0. The van der Waals surface area contributed by atoms with Crippen molar-refractivity contribution in [2.24, 2.45) is 0 Å². The van der Waals surface area contributed by atoms with Gasteiger partial charge in [-0.25, -0.2) is 0 Å². The second kappa shape index (κ2) is 10.7. The van der Waals surface area contributed by atoms with Gasteiger partial charge in [-0.3, -0.25) is 9.59 Å². The van der Waals surface area contributed by atoms with Gasteiger partial charge in [0.15, 0.2) is 11.0 Å². The number of hydrogen-bond donors (Lipinski definition) is 1. The van der Waals surface area contributed by atoms with Crippen molar-refractivity contribution < 1.29 is 9.59 Å². The number of nitrogens with one attached hydrogen (secondary N) is 1. The minimum Gasteiger partial charge on any atom is -0.351 e. The van der Waals surface area contributed by atoms with Crippen LogP contribution in [0.25, 0.3) is 0 Å². The fourth-order valence-electron chi connectivity index (χ4n) is 4.07. The summed E-state index contributed by atoms with van der Waals surface area (Å²) in [6.45, 7) is 5.94. The van der Waals surface area contributed by atoms with Crippen LogP contribution in [0, 0.1) is 6.92 Å². The van der Waals surface area contributed by atoms with Crippen molar-refractivity contribution in [1.82, 2.24) is 25.0 Å². The molecule has 1 unspecified atom stereocenters. The molecule has 2 heterocycles. The van der Waals surface area contributed by atoms with E-state index < -0.39 is 0 Å². The smallest absolute Gasteiger partial charge is 0.254 e. The fraction of sp³-hybridized carbons (Fsp3) is 0.360. The van der Waals surface area contributed by atoms with E-state index in [1.165, 1.54) is 11.8 Å². The average molecular weight is 464 g/mol. The summed E-state index contributed by atoms with van der Waals surface area (Å²) in [5, 5.41) is 12.5. The van der Waals surface area contributed by atoms with Crippen LogP contribution in [-0.2, 0) is 17.9 Å². The third kappa shape index (κ3) is 5.45. The summed E-state index contributed by atoms with van der Waals surface area (Å²) in [6, 6.07) is 17.4. The normalized spacial score (nSPS) is 15.6. The molecule has 1 aliphatic rings. The summed E-state index contributed by atoms with van der Waals surface area (Å²) < 4.78 is 2.03. The van der Waals surface area contributed by atoms with E-state index in [-0.39, 0.29) is 23.6 Å². The second-order valence-electron chi connectivity index (χ2n) is 8.16. The number of aryl methyl sites for hydroxylation is 1. The van der Waals surface area contributed by atoms with Gasteiger partial charge in [0.1, 0.15) is 0 Å². The number of carbonyl (C=O) groups is 2. The van der Waals surface area contributed by atoms with Crippen molar-refractivity contribution in [2.45, 2.75) is 51.0 Å². The van der Waals surface area contributed by atoms with Gasteiger partial charge < -0.3 is 14.8 Å². The molecule has 1 fully saturated rings. The fourth-order valence-corrected chi connectivity index (χ4v) is 4.91. The van der Waals surface area contributed by atoms with Crippen molar-refractivity contribution in [3.05, 3.63) is 77.1 Å². The van der Waals surface area contributed by atoms with Crippen LogP contribution >= 0.6 is 11.8 Å². The van der Waals surface area contributed by atoms with Crippen molar-refractivity contribution in [1.29, 1.82) is 0 Å². The zero-order valence-corrected chi connectivity index (χ0v) is 19.8. The number of thioether (sulfide) groups is 1. The first kappa shape index (κ1) is 23.0. The van der Waals surface area contributed by atoms with Crippen LogP contribution in [0.3, 0.4) is 0 Å². The predicted octanol–water partition coefficient (Wildman–Crippen LogP) is 3.99. The highest BCUT2D eigenvalue weighted by Crippen LogP contribution is 2.33. The third-order valence-corrected chi connectivity index (χ3v) is 6.80. The number of hydrogen-bond acceptors (Lipinski definition) is 5. The maximum absolute atomic E-state index is 13.2. The van der Waals surface area contributed by atoms with Gasteiger partial charge in [0, 0.05) is 25.2 Å². The molecule has 3 aromatic rings. The monoisotopic (exact) mass is 463 g/mol. The number of rotatable bonds is 8. The predicted molar refractivity (Wildman–Crippen MR) is 129 cm³/mol. The molecule has 0 saturated carbocycles. The highest BCUT2D eigenvalue weighted by atomic mass is 32.2. The van der Waals surface area contributed by atoms with Gasteiger partial charge in [0.05, 0.1) is 11.8 Å². The Balaban J connectivity index is 1.41. The first-order chi connectivity index (χ1) is 16.1. The molecule has 1 atom stereocenters. The van der Waals surface area contributed by atoms with Gasteiger partial charge >= 0.3 is 0 Å². The lowest BCUT2D eigenvalue weighted by molar-refractivity contribution is -0.118. The number of nitrogens with zero attached hydrogens (tertiary/aromatic N) is 4. The largest absolute Gasteiger partial charge is 0.351 e. The van der Waals surface area contributed by atoms with Crippen molar-refractivity contribution >= 4 is 23.6 Å². The topological polar surface area (TPSA) is 80.1 Å². The Morgan fingerprint density at radius 1 is 1.09 bits per heavy atom. The molecule has 8 heteroatoms. The minimum absolute atomic E-state index is 0.0256. The van der Waals surface area contributed by atoms with Crippen LogP contribution in [0.4, 0.5) is 0 Å². The van der Waals surface area contributed by atoms with Gasteiger partial charge in [0.25, 0.3) is 5.91 Å². The van der Waals surface area contributed by atoms with Gasteiger partial charge in [0.2, 0.25) is 5.91 Å². The van der Waals surface area contributed by atoms with Crippen LogP contribution < -0.4 is 5.32 Å². The quantitative estimate of drug-likeness (QED) is 0.511. The average Bonchev–Trinajstić information content (AvgIpc) is 3.48. The van der Waals surface area contributed by atoms with Crippen molar-refractivity contribution in [2.75, 3.05) is 12.3 Å². The maximum Gasteiger partial charge on any atom is 0.254 e. The lowest BCUT2D eigenvalue weighted by Gasteiger charge is -2.24. The van der Waals surface area contributed by atoms with Gasteiger partial charge in [-0.1, -0.05) is 59.8 Å². The molecule has 0 bridgehead atoms. The molecule has 0 spiro atoms. The molecule has 1 aliphatic heterocycles. The van der Waals surface area contributed by atoms with E-state index in [1.807, 2.05) is 77.9 Å². The second-order valence-corrected chi connectivity index (χ2v) is 9.10. The minimum atomic E-state index is -0.104. The van der Waals surface area contributed by atoms with Gasteiger partial charge in [-0.2, -0.15) is 0 Å². The number of aromatic nitrogens is 3. The Bertz CT molecular complexity index is 1100. The van der Waals surface area contributed by atoms with E-state index in [4.69, 9.17) is 0 Å². The molecule has 1 N–H and O–H groups in total. The molecule has 2 amide bonds. The third-order valence-electron chi connectivity index (χ3n) is 5.84. The number of likely N-dealkylation sites (tertiary alicyclic amines) is 1. The number of amides is 2. The Morgan fingerprint density at radius 3 is 2.58 bits per heavy atom. The van der Waals surface area contributed by atoms with Crippen LogP contribution in [0.15, 0.2) is 59.8 Å². The molecular formula is C25H29N5O2S. The van der Waals surface area contributed by atoms with E-state index in [1.54, 1.807) is 0 Å². The summed E-state index contributed by atoms with van der Waals surface area (Å²) in [4.78, 5) is 27.4. The Morgan fingerprint density at radius 2 is 1.85 bits per heavy atom. The summed E-state index contributed by atoms with van der Waals surface area (Å²) in [5.74, 6) is 1.04. The van der Waals surface area contributed by atoms with Crippen LogP contribution in [0.1, 0.15) is 53.1 Å². The molecule has 4 rings (SSSR count). The van der Waals surface area contributed by atoms with E-state index in [0.717, 1.165) is 29.8 Å². The van der Waals surface area contributed by atoms with E-state index in [0.29, 0.717) is 30.4 Å². The SMILES string of the molecule is CCn1c(SCC(=O)NCc2ccccc2)nnc1C1CCCN1C(=O)c1ccc(C)cc1. The lowest BCUT2D eigenvalue weighted by Crippen LogP contribution is -2.32. The van der Waals surface area contributed by atoms with Crippen molar-refractivity contribution in [3.8, 4) is 0 Å². The van der Waals surface area contributed by atoms with E-state index in [9.17, 15) is 9.59 Å². The van der Waals surface area contributed by atoms with Crippen LogP contribution in [-0.4, -0.2) is 43.8 Å². The Hall–Kier alpha value is -3.13. The highest BCUT2D eigenvalue weighted by molar-refractivity contribution is 7.99. The number of carbonyl (C=O) groups excluding carboxylic acids is 2. The van der Waals surface area contributed by atoms with Crippen molar-refractivity contribution in [3.63, 3.8) is 0 Å². The summed E-state index contributed by atoms with van der Waals surface area (Å²) in [5.41, 5.74) is 2.89. The zero-order chi connectivity index (χ0) is 23.2. The van der Waals surface area contributed by atoms with Crippen LogP contribution in [0.2, 0.25) is 0 Å². The van der Waals surface area contributed by atoms with E-state index >= 15 is 0 Å². The first-order valence-electron chi connectivity index (χ1n) is 11.3. The number of benzene rings is 2. The molecular weight excluding hydrogens is 434 g/mol. The first-order valence-corrected chi connectivity index (χ1v) is 12.3. The van der Waals surface area contributed by atoms with Crippen LogP contribution in [0.5, 0.6) is 0 Å².